The van der Waals surface area contributed by atoms with Crippen molar-refractivity contribution in [3.8, 4) is 5.75 Å². The lowest BCUT2D eigenvalue weighted by molar-refractivity contribution is -0.122. The molecular formula is C19H38N2O5. The van der Waals surface area contributed by atoms with Gasteiger partial charge in [0.05, 0.1) is 13.2 Å². The summed E-state index contributed by atoms with van der Waals surface area (Å²) in [5.41, 5.74) is 1.26. The Morgan fingerprint density at radius 2 is 1.85 bits per heavy atom. The van der Waals surface area contributed by atoms with Crippen molar-refractivity contribution in [2.75, 3.05) is 40.4 Å². The number of aliphatic hydroxyl groups is 2. The molecule has 1 atom stereocenters. The minimum Gasteiger partial charge on any atom is -0.497 e. The number of methoxy groups -OCH3 is 1. The van der Waals surface area contributed by atoms with Crippen LogP contribution in [0.3, 0.4) is 0 Å². The molecule has 1 aromatic rings. The van der Waals surface area contributed by atoms with Gasteiger partial charge in [-0.2, -0.15) is 0 Å². The zero-order valence-corrected chi connectivity index (χ0v) is 16.9. The standard InChI is InChI=1S/C8H10O.C4H9NO.C4H11NO.C2H6.CH2O2/c1-7-3-5-8(9-2)6-4-7;6-4-1-2-5-3-4;1-5-3-2-4-6;1-2;2-1-3/h3-6H,1-2H3;4-6H,1-3H2;5-6H,2-4H2,1H3;1-2H3;1H,(H,2,3). The van der Waals surface area contributed by atoms with Crippen LogP contribution in [-0.4, -0.2) is 68.3 Å². The van der Waals surface area contributed by atoms with Crippen molar-refractivity contribution in [3.05, 3.63) is 29.8 Å². The van der Waals surface area contributed by atoms with Crippen LogP contribution in [0.1, 0.15) is 32.3 Å². The van der Waals surface area contributed by atoms with E-state index in [-0.39, 0.29) is 12.6 Å². The van der Waals surface area contributed by atoms with Crippen molar-refractivity contribution in [3.63, 3.8) is 0 Å². The molecule has 0 spiro atoms. The molecule has 1 aromatic carbocycles. The molecule has 5 N–H and O–H groups in total. The number of carbonyl (C=O) groups is 1. The van der Waals surface area contributed by atoms with E-state index in [0.717, 1.165) is 38.2 Å². The lowest BCUT2D eigenvalue weighted by Gasteiger charge is -1.97. The number of hydrogen-bond donors (Lipinski definition) is 5. The minimum atomic E-state index is -0.250. The van der Waals surface area contributed by atoms with Gasteiger partial charge in [-0.15, -0.1) is 0 Å². The maximum atomic E-state index is 8.67. The predicted molar refractivity (Wildman–Crippen MR) is 107 cm³/mol. The van der Waals surface area contributed by atoms with Crippen LogP contribution in [0.25, 0.3) is 0 Å². The van der Waals surface area contributed by atoms with Gasteiger partial charge in [-0.25, -0.2) is 0 Å². The molecule has 0 aliphatic carbocycles. The van der Waals surface area contributed by atoms with Gasteiger partial charge in [0.1, 0.15) is 5.75 Å². The van der Waals surface area contributed by atoms with Crippen LogP contribution in [0.5, 0.6) is 5.75 Å². The fourth-order valence-corrected chi connectivity index (χ4v) is 1.57. The van der Waals surface area contributed by atoms with Crippen molar-refractivity contribution in [1.29, 1.82) is 0 Å². The minimum absolute atomic E-state index is 0.0648. The molecule has 1 unspecified atom stereocenters. The van der Waals surface area contributed by atoms with Crippen LogP contribution >= 0.6 is 0 Å². The SMILES string of the molecule is CC.CNCCCO.COc1ccc(C)cc1.O=CO.OC1CCNC1. The first-order chi connectivity index (χ1) is 12.5. The zero-order chi connectivity index (χ0) is 20.6. The van der Waals surface area contributed by atoms with E-state index < -0.39 is 0 Å². The number of carboxylic acid groups (broad SMARTS) is 1. The molecule has 0 radical (unpaired) electrons. The summed E-state index contributed by atoms with van der Waals surface area (Å²) >= 11 is 0. The van der Waals surface area contributed by atoms with Gasteiger partial charge >= 0.3 is 0 Å². The van der Waals surface area contributed by atoms with Gasteiger partial charge in [0.15, 0.2) is 0 Å². The van der Waals surface area contributed by atoms with Crippen LogP contribution in [-0.2, 0) is 4.79 Å². The van der Waals surface area contributed by atoms with Crippen molar-refractivity contribution in [2.24, 2.45) is 0 Å². The number of benzene rings is 1. The van der Waals surface area contributed by atoms with Gasteiger partial charge in [-0.1, -0.05) is 31.5 Å². The summed E-state index contributed by atoms with van der Waals surface area (Å²) < 4.78 is 4.97. The average Bonchev–Trinajstić information content (AvgIpc) is 3.15. The third-order valence-corrected chi connectivity index (χ3v) is 2.88. The topological polar surface area (TPSA) is 111 Å². The van der Waals surface area contributed by atoms with E-state index in [0.29, 0.717) is 6.61 Å². The summed E-state index contributed by atoms with van der Waals surface area (Å²) in [6.45, 7) is 8.79. The molecule has 2 rings (SSSR count). The Morgan fingerprint density at radius 1 is 1.31 bits per heavy atom. The van der Waals surface area contributed by atoms with Crippen molar-refractivity contribution < 1.29 is 24.9 Å². The van der Waals surface area contributed by atoms with E-state index in [4.69, 9.17) is 24.9 Å². The number of hydrogen-bond acceptors (Lipinski definition) is 6. The van der Waals surface area contributed by atoms with Gasteiger partial charge in [-0.05, 0) is 52.0 Å². The van der Waals surface area contributed by atoms with Crippen LogP contribution in [0.2, 0.25) is 0 Å². The molecule has 154 valence electrons. The monoisotopic (exact) mass is 374 g/mol. The van der Waals surface area contributed by atoms with Crippen molar-refractivity contribution >= 4 is 6.47 Å². The van der Waals surface area contributed by atoms with E-state index >= 15 is 0 Å². The third kappa shape index (κ3) is 24.6. The highest BCUT2D eigenvalue weighted by Crippen LogP contribution is 2.09. The second-order valence-corrected chi connectivity index (χ2v) is 4.95. The van der Waals surface area contributed by atoms with E-state index in [9.17, 15) is 0 Å². The number of ether oxygens (including phenoxy) is 1. The van der Waals surface area contributed by atoms with Crippen LogP contribution in [0.4, 0.5) is 0 Å². The Hall–Kier alpha value is -1.67. The molecule has 0 saturated carbocycles. The molecule has 1 heterocycles. The summed E-state index contributed by atoms with van der Waals surface area (Å²) in [5.74, 6) is 0.917. The molecule has 1 saturated heterocycles. The molecule has 0 bridgehead atoms. The first-order valence-corrected chi connectivity index (χ1v) is 8.88. The van der Waals surface area contributed by atoms with Crippen LogP contribution in [0.15, 0.2) is 24.3 Å². The maximum Gasteiger partial charge on any atom is 0.290 e. The number of rotatable bonds is 4. The number of nitrogens with one attached hydrogen (secondary N) is 2. The number of aryl methyl sites for hydroxylation is 1. The number of β-amino-alcohol motifs (C(OH)–C–C–N with tert-alkyl or cyclic N) is 1. The molecule has 7 nitrogen and oxygen atoms in total. The molecule has 26 heavy (non-hydrogen) atoms. The van der Waals surface area contributed by atoms with Crippen LogP contribution < -0.4 is 15.4 Å². The van der Waals surface area contributed by atoms with E-state index in [2.05, 4.69) is 17.6 Å². The van der Waals surface area contributed by atoms with Gasteiger partial charge in [-0.3, -0.25) is 4.79 Å². The Balaban J connectivity index is -0.000000278. The molecule has 7 heteroatoms. The molecule has 0 amide bonds. The number of aliphatic hydroxyl groups excluding tert-OH is 2. The first kappa shape index (κ1) is 29.1. The Bertz CT molecular complexity index is 365. The summed E-state index contributed by atoms with van der Waals surface area (Å²) in [6.07, 6.45) is 1.72. The molecular weight excluding hydrogens is 336 g/mol. The van der Waals surface area contributed by atoms with Crippen molar-refractivity contribution in [2.45, 2.75) is 39.7 Å². The predicted octanol–water partition coefficient (Wildman–Crippen LogP) is 1.66. The summed E-state index contributed by atoms with van der Waals surface area (Å²) in [7, 11) is 3.54. The summed E-state index contributed by atoms with van der Waals surface area (Å²) in [5, 5.41) is 29.6. The van der Waals surface area contributed by atoms with Crippen molar-refractivity contribution in [1.82, 2.24) is 10.6 Å². The maximum absolute atomic E-state index is 8.67. The van der Waals surface area contributed by atoms with Gasteiger partial charge in [0.25, 0.3) is 6.47 Å². The van der Waals surface area contributed by atoms with E-state index in [1.165, 1.54) is 5.56 Å². The van der Waals surface area contributed by atoms with E-state index in [1.807, 2.05) is 45.2 Å². The normalized spacial score (nSPS) is 13.9. The van der Waals surface area contributed by atoms with Crippen LogP contribution in [0, 0.1) is 6.92 Å². The molecule has 0 aromatic heterocycles. The molecule has 1 fully saturated rings. The Labute approximate surface area is 158 Å². The smallest absolute Gasteiger partial charge is 0.290 e. The average molecular weight is 375 g/mol. The fraction of sp³-hybridized carbons (Fsp3) is 0.632. The zero-order valence-electron chi connectivity index (χ0n) is 16.9. The lowest BCUT2D eigenvalue weighted by atomic mass is 10.2. The second-order valence-electron chi connectivity index (χ2n) is 4.95. The molecule has 1 aliphatic rings. The second kappa shape index (κ2) is 25.6. The highest BCUT2D eigenvalue weighted by atomic mass is 16.5. The Morgan fingerprint density at radius 3 is 2.08 bits per heavy atom. The summed E-state index contributed by atoms with van der Waals surface area (Å²) in [6, 6.07) is 7.96. The lowest BCUT2D eigenvalue weighted by Crippen LogP contribution is -2.11. The highest BCUT2D eigenvalue weighted by molar-refractivity contribution is 5.32. The molecule has 1 aliphatic heterocycles. The first-order valence-electron chi connectivity index (χ1n) is 8.88. The Kier molecular flexibility index (Phi) is 28.6. The van der Waals surface area contributed by atoms with E-state index in [1.54, 1.807) is 7.11 Å². The van der Waals surface area contributed by atoms with Gasteiger partial charge < -0.3 is 30.7 Å². The fourth-order valence-electron chi connectivity index (χ4n) is 1.57. The van der Waals surface area contributed by atoms with Gasteiger partial charge in [0, 0.05) is 13.2 Å². The quantitative estimate of drug-likeness (QED) is 0.402. The third-order valence-electron chi connectivity index (χ3n) is 2.88. The largest absolute Gasteiger partial charge is 0.497 e. The van der Waals surface area contributed by atoms with Gasteiger partial charge in [0.2, 0.25) is 0 Å². The highest BCUT2D eigenvalue weighted by Gasteiger charge is 2.08. The summed E-state index contributed by atoms with van der Waals surface area (Å²) in [4.78, 5) is 8.36.